The van der Waals surface area contributed by atoms with Crippen LogP contribution in [0.25, 0.3) is 0 Å². The van der Waals surface area contributed by atoms with Crippen LogP contribution in [-0.4, -0.2) is 49.9 Å². The summed E-state index contributed by atoms with van der Waals surface area (Å²) < 4.78 is 14.8. The number of halogens is 1. The highest BCUT2D eigenvalue weighted by molar-refractivity contribution is 6.00. The summed E-state index contributed by atoms with van der Waals surface area (Å²) >= 11 is 0. The number of hydrogen-bond donors (Lipinski definition) is 2. The van der Waals surface area contributed by atoms with Gasteiger partial charge in [0.05, 0.1) is 5.69 Å². The van der Waals surface area contributed by atoms with E-state index >= 15 is 0 Å². The molecule has 3 heterocycles. The molecule has 0 unspecified atom stereocenters. The molecule has 4 rings (SSSR count). The van der Waals surface area contributed by atoms with E-state index in [0.717, 1.165) is 11.3 Å². The van der Waals surface area contributed by atoms with Crippen molar-refractivity contribution < 1.29 is 14.0 Å². The van der Waals surface area contributed by atoms with Gasteiger partial charge >= 0.3 is 0 Å². The molecule has 9 nitrogen and oxygen atoms in total. The van der Waals surface area contributed by atoms with E-state index in [-0.39, 0.29) is 17.5 Å². The van der Waals surface area contributed by atoms with Crippen LogP contribution >= 0.6 is 0 Å². The maximum atomic E-state index is 13.0. The molecule has 0 radical (unpaired) electrons. The Bertz CT molecular complexity index is 1060. The van der Waals surface area contributed by atoms with Crippen molar-refractivity contribution in [1.82, 2.24) is 30.3 Å². The van der Waals surface area contributed by atoms with E-state index in [4.69, 9.17) is 0 Å². The van der Waals surface area contributed by atoms with Crippen LogP contribution < -0.4 is 10.2 Å². The third kappa shape index (κ3) is 3.86. The summed E-state index contributed by atoms with van der Waals surface area (Å²) in [6, 6.07) is 7.14. The lowest BCUT2D eigenvalue weighted by atomic mass is 10.1. The molecule has 1 aliphatic rings. The normalized spacial score (nSPS) is 16.4. The number of amides is 2. The lowest BCUT2D eigenvalue weighted by Gasteiger charge is -2.19. The number of rotatable bonds is 4. The average molecular weight is 397 g/mol. The summed E-state index contributed by atoms with van der Waals surface area (Å²) in [6.07, 6.45) is 0.794. The summed E-state index contributed by atoms with van der Waals surface area (Å²) in [4.78, 5) is 31.0. The van der Waals surface area contributed by atoms with E-state index < -0.39 is 11.9 Å². The topological polar surface area (TPSA) is 109 Å². The van der Waals surface area contributed by atoms with E-state index in [1.807, 2.05) is 13.0 Å². The van der Waals surface area contributed by atoms with Crippen LogP contribution in [0.4, 0.5) is 10.2 Å². The van der Waals surface area contributed by atoms with Crippen molar-refractivity contribution in [2.24, 2.45) is 0 Å². The minimum absolute atomic E-state index is 0.0459. The van der Waals surface area contributed by atoms with Gasteiger partial charge in [-0.3, -0.25) is 19.6 Å². The molecule has 0 fully saturated rings. The Morgan fingerprint density at radius 2 is 2.10 bits per heavy atom. The van der Waals surface area contributed by atoms with E-state index in [1.54, 1.807) is 23.9 Å². The van der Waals surface area contributed by atoms with Gasteiger partial charge in [0.2, 0.25) is 5.82 Å². The number of aromatic nitrogens is 5. The number of aryl methyl sites for hydroxylation is 2. The molecule has 3 aromatic rings. The van der Waals surface area contributed by atoms with Gasteiger partial charge in [0, 0.05) is 26.1 Å². The maximum Gasteiger partial charge on any atom is 0.291 e. The lowest BCUT2D eigenvalue weighted by Crippen LogP contribution is -2.47. The molecule has 2 amide bonds. The van der Waals surface area contributed by atoms with E-state index in [0.29, 0.717) is 31.0 Å². The van der Waals surface area contributed by atoms with Crippen molar-refractivity contribution in [2.75, 3.05) is 11.9 Å². The molecular weight excluding hydrogens is 377 g/mol. The third-order valence-electron chi connectivity index (χ3n) is 4.81. The molecule has 0 saturated carbocycles. The highest BCUT2D eigenvalue weighted by Crippen LogP contribution is 2.21. The average Bonchev–Trinajstić information content (AvgIpc) is 3.29. The third-order valence-corrected chi connectivity index (χ3v) is 4.81. The molecule has 0 aliphatic carbocycles. The molecule has 2 aromatic heterocycles. The van der Waals surface area contributed by atoms with Gasteiger partial charge < -0.3 is 5.32 Å². The Balaban J connectivity index is 1.43. The number of anilines is 1. The van der Waals surface area contributed by atoms with Crippen LogP contribution in [0.5, 0.6) is 0 Å². The molecule has 1 aromatic carbocycles. The number of nitrogens with one attached hydrogen (secondary N) is 2. The van der Waals surface area contributed by atoms with E-state index in [1.165, 1.54) is 17.0 Å². The van der Waals surface area contributed by atoms with Gasteiger partial charge in [-0.1, -0.05) is 12.1 Å². The first-order valence-corrected chi connectivity index (χ1v) is 9.19. The second-order valence-electron chi connectivity index (χ2n) is 6.99. The zero-order chi connectivity index (χ0) is 20.5. The van der Waals surface area contributed by atoms with Crippen LogP contribution in [0.2, 0.25) is 0 Å². The second-order valence-corrected chi connectivity index (χ2v) is 6.99. The Hall–Kier alpha value is -3.56. The molecule has 150 valence electrons. The number of nitrogens with zero attached hydrogens (tertiary/aromatic N) is 5. The Labute approximate surface area is 165 Å². The first-order valence-electron chi connectivity index (χ1n) is 9.19. The molecule has 0 saturated heterocycles. The van der Waals surface area contributed by atoms with Crippen LogP contribution in [0.15, 0.2) is 30.3 Å². The molecule has 2 N–H and O–H groups in total. The van der Waals surface area contributed by atoms with Gasteiger partial charge in [0.1, 0.15) is 23.5 Å². The predicted octanol–water partition coefficient (Wildman–Crippen LogP) is 1.20. The molecule has 1 atom stereocenters. The minimum atomic E-state index is -0.700. The monoisotopic (exact) mass is 397 g/mol. The van der Waals surface area contributed by atoms with Crippen molar-refractivity contribution in [1.29, 1.82) is 0 Å². The van der Waals surface area contributed by atoms with Crippen molar-refractivity contribution in [2.45, 2.75) is 32.4 Å². The summed E-state index contributed by atoms with van der Waals surface area (Å²) in [5.74, 6) is 0.0513. The molecule has 1 aliphatic heterocycles. The zero-order valence-electron chi connectivity index (χ0n) is 16.0. The number of aromatic amines is 1. The number of carbonyl (C=O) groups excluding carboxylic acids is 2. The number of carbonyl (C=O) groups is 2. The summed E-state index contributed by atoms with van der Waals surface area (Å²) in [5.41, 5.74) is 1.66. The molecule has 29 heavy (non-hydrogen) atoms. The van der Waals surface area contributed by atoms with E-state index in [2.05, 4.69) is 25.6 Å². The number of likely N-dealkylation sites (N-methyl/N-ethyl adjacent to an activating group) is 1. The SMILES string of the molecule is Cc1cc2n(n1)CC[C@H](NC(=O)c1n[nH]c(Cc3ccc(F)cc3)n1)C(=O)N2C. The Morgan fingerprint density at radius 1 is 1.34 bits per heavy atom. The van der Waals surface area contributed by atoms with Crippen molar-refractivity contribution in [3.8, 4) is 0 Å². The molecule has 0 bridgehead atoms. The van der Waals surface area contributed by atoms with Crippen molar-refractivity contribution in [3.63, 3.8) is 0 Å². The van der Waals surface area contributed by atoms with Crippen LogP contribution in [0.1, 0.15) is 34.1 Å². The minimum Gasteiger partial charge on any atom is -0.337 e. The molecule has 0 spiro atoms. The summed E-state index contributed by atoms with van der Waals surface area (Å²) in [5, 5.41) is 13.7. The molecule has 10 heteroatoms. The number of fused-ring (bicyclic) bond motifs is 1. The Kier molecular flexibility index (Phi) is 4.83. The predicted molar refractivity (Wildman–Crippen MR) is 102 cm³/mol. The van der Waals surface area contributed by atoms with Gasteiger partial charge in [-0.25, -0.2) is 14.1 Å². The van der Waals surface area contributed by atoms with Gasteiger partial charge in [-0.15, -0.1) is 5.10 Å². The van der Waals surface area contributed by atoms with Crippen LogP contribution in [0, 0.1) is 12.7 Å². The summed E-state index contributed by atoms with van der Waals surface area (Å²) in [6.45, 7) is 2.37. The quantitative estimate of drug-likeness (QED) is 0.688. The van der Waals surface area contributed by atoms with Crippen molar-refractivity contribution >= 4 is 17.6 Å². The van der Waals surface area contributed by atoms with Gasteiger partial charge in [0.25, 0.3) is 11.8 Å². The molecular formula is C19H20FN7O2. The van der Waals surface area contributed by atoms with Gasteiger partial charge in [-0.05, 0) is 31.0 Å². The first-order chi connectivity index (χ1) is 13.9. The smallest absolute Gasteiger partial charge is 0.291 e. The highest BCUT2D eigenvalue weighted by Gasteiger charge is 2.31. The first kappa shape index (κ1) is 18.8. The van der Waals surface area contributed by atoms with Gasteiger partial charge in [-0.2, -0.15) is 5.10 Å². The number of benzene rings is 1. The van der Waals surface area contributed by atoms with E-state index in [9.17, 15) is 14.0 Å². The fraction of sp³-hybridized carbons (Fsp3) is 0.316. The standard InChI is InChI=1S/C19H20FN7O2/c1-11-9-16-26(2)19(29)14(7-8-27(16)25-11)21-18(28)17-22-15(23-24-17)10-12-3-5-13(20)6-4-12/h3-6,9,14H,7-8,10H2,1-2H3,(H,21,28)(H,22,23,24)/t14-/m0/s1. The van der Waals surface area contributed by atoms with Gasteiger partial charge in [0.15, 0.2) is 0 Å². The fourth-order valence-corrected chi connectivity index (χ4v) is 3.32. The fourth-order valence-electron chi connectivity index (χ4n) is 3.32. The Morgan fingerprint density at radius 3 is 2.86 bits per heavy atom. The number of hydrogen-bond acceptors (Lipinski definition) is 5. The zero-order valence-corrected chi connectivity index (χ0v) is 16.0. The largest absolute Gasteiger partial charge is 0.337 e. The lowest BCUT2D eigenvalue weighted by molar-refractivity contribution is -0.120. The number of H-pyrrole nitrogens is 1. The highest BCUT2D eigenvalue weighted by atomic mass is 19.1. The summed E-state index contributed by atoms with van der Waals surface area (Å²) in [7, 11) is 1.66. The van der Waals surface area contributed by atoms with Crippen LogP contribution in [0.3, 0.4) is 0 Å². The second kappa shape index (κ2) is 7.46. The van der Waals surface area contributed by atoms with Crippen molar-refractivity contribution in [3.05, 3.63) is 59.1 Å². The maximum absolute atomic E-state index is 13.0. The van der Waals surface area contributed by atoms with Crippen LogP contribution in [-0.2, 0) is 17.8 Å².